The molecule has 0 aromatic rings. The highest BCUT2D eigenvalue weighted by Crippen LogP contribution is 2.68. The van der Waals surface area contributed by atoms with Crippen molar-refractivity contribution in [1.29, 1.82) is 0 Å². The molecule has 6 atom stereocenters. The molecule has 0 aromatic heterocycles. The first-order valence-corrected chi connectivity index (χ1v) is 14.8. The first-order valence-electron chi connectivity index (χ1n) is 14.8. The van der Waals surface area contributed by atoms with Crippen LogP contribution in [0, 0.1) is 39.9 Å². The molecule has 2 saturated carbocycles. The van der Waals surface area contributed by atoms with Gasteiger partial charge >= 0.3 is 0 Å². The van der Waals surface area contributed by atoms with Crippen molar-refractivity contribution < 1.29 is 5.11 Å². The zero-order valence-electron chi connectivity index (χ0n) is 22.5. The van der Waals surface area contributed by atoms with Crippen LogP contribution in [0.3, 0.4) is 0 Å². The van der Waals surface area contributed by atoms with Gasteiger partial charge in [-0.05, 0) is 109 Å². The Morgan fingerprint density at radius 2 is 1.67 bits per heavy atom. The Kier molecular flexibility index (Phi) is 6.46. The van der Waals surface area contributed by atoms with Crippen LogP contribution >= 0.6 is 0 Å². The molecule has 186 valence electrons. The van der Waals surface area contributed by atoms with E-state index in [2.05, 4.69) is 40.7 Å². The first kappa shape index (κ1) is 24.1. The second-order valence-electron chi connectivity index (χ2n) is 14.0. The topological polar surface area (TPSA) is 20.2 Å². The zero-order valence-corrected chi connectivity index (χ0v) is 22.5. The average molecular weight is 453 g/mol. The molecule has 0 saturated heterocycles. The Morgan fingerprint density at radius 1 is 0.909 bits per heavy atom. The van der Waals surface area contributed by atoms with Crippen molar-refractivity contribution in [3.63, 3.8) is 0 Å². The van der Waals surface area contributed by atoms with Crippen LogP contribution in [0.2, 0.25) is 0 Å². The molecule has 1 nitrogen and oxygen atoms in total. The third kappa shape index (κ3) is 3.73. The normalized spacial score (nSPS) is 40.9. The average Bonchev–Trinajstić information content (AvgIpc) is 3.14. The summed E-state index contributed by atoms with van der Waals surface area (Å²) in [6.07, 6.45) is 22.4. The molecule has 0 amide bonds. The standard InChI is InChI=1S/C32H52O/c1-22(2)10-9-11-23(3)25-13-14-26-24-12-15-28-31(5,27(24)16-20-30(25,26)4)21-17-29(33)32(28)18-7-6-8-19-32/h14,22-23,25,28-29,33H,6-13,15-21H2,1-5H3/t23-,25-,28?,29?,30-,31-/m1/s1. The van der Waals surface area contributed by atoms with Crippen molar-refractivity contribution >= 4 is 0 Å². The van der Waals surface area contributed by atoms with Crippen molar-refractivity contribution in [2.45, 2.75) is 137 Å². The Labute approximate surface area is 204 Å². The monoisotopic (exact) mass is 452 g/mol. The molecule has 33 heavy (non-hydrogen) atoms. The molecule has 5 rings (SSSR count). The van der Waals surface area contributed by atoms with Gasteiger partial charge in [0.15, 0.2) is 0 Å². The summed E-state index contributed by atoms with van der Waals surface area (Å²) >= 11 is 0. The number of hydrogen-bond acceptors (Lipinski definition) is 1. The predicted molar refractivity (Wildman–Crippen MR) is 140 cm³/mol. The predicted octanol–water partition coefficient (Wildman–Crippen LogP) is 9.01. The SMILES string of the molecule is CC(C)CCC[C@@H](C)[C@H]1CC=C2C3=C(CC[C@@]21C)[C@@]1(C)CCC(O)C2(CCCCC2)C1CC3. The minimum Gasteiger partial charge on any atom is -0.393 e. The molecule has 2 unspecified atom stereocenters. The molecule has 0 heterocycles. The number of aliphatic hydroxyl groups excluding tert-OH is 1. The second kappa shape index (κ2) is 8.83. The summed E-state index contributed by atoms with van der Waals surface area (Å²) in [5.41, 5.74) is 6.42. The number of fused-ring (bicyclic) bond motifs is 5. The van der Waals surface area contributed by atoms with E-state index < -0.39 is 0 Å². The van der Waals surface area contributed by atoms with E-state index in [1.54, 1.807) is 5.57 Å². The lowest BCUT2D eigenvalue weighted by atomic mass is 9.43. The van der Waals surface area contributed by atoms with Crippen molar-refractivity contribution in [3.8, 4) is 0 Å². The van der Waals surface area contributed by atoms with Crippen LogP contribution < -0.4 is 0 Å². The summed E-state index contributed by atoms with van der Waals surface area (Å²) in [7, 11) is 0. The Bertz CT molecular complexity index is 795. The first-order chi connectivity index (χ1) is 15.7. The van der Waals surface area contributed by atoms with Gasteiger partial charge in [-0.1, -0.05) is 84.8 Å². The third-order valence-corrected chi connectivity index (χ3v) is 11.9. The van der Waals surface area contributed by atoms with Gasteiger partial charge in [-0.15, -0.1) is 0 Å². The minimum absolute atomic E-state index is 0.0475. The van der Waals surface area contributed by atoms with Crippen LogP contribution in [-0.4, -0.2) is 11.2 Å². The molecule has 2 fully saturated rings. The van der Waals surface area contributed by atoms with Crippen LogP contribution in [0.5, 0.6) is 0 Å². The Morgan fingerprint density at radius 3 is 2.39 bits per heavy atom. The third-order valence-electron chi connectivity index (χ3n) is 11.9. The highest BCUT2D eigenvalue weighted by atomic mass is 16.3. The number of allylic oxidation sites excluding steroid dienone is 4. The lowest BCUT2D eigenvalue weighted by Crippen LogP contribution is -2.56. The smallest absolute Gasteiger partial charge is 0.0599 e. The van der Waals surface area contributed by atoms with Crippen molar-refractivity contribution in [3.05, 3.63) is 22.8 Å². The van der Waals surface area contributed by atoms with Gasteiger partial charge < -0.3 is 5.11 Å². The second-order valence-corrected chi connectivity index (χ2v) is 14.0. The fourth-order valence-electron chi connectivity index (χ4n) is 10.2. The maximum atomic E-state index is 11.3. The van der Waals surface area contributed by atoms with E-state index in [1.807, 2.05) is 11.1 Å². The molecule has 1 spiro atoms. The zero-order chi connectivity index (χ0) is 23.4. The lowest BCUT2D eigenvalue weighted by Gasteiger charge is -2.62. The van der Waals surface area contributed by atoms with E-state index in [-0.39, 0.29) is 11.5 Å². The molecular weight excluding hydrogens is 400 g/mol. The molecule has 0 aromatic carbocycles. The van der Waals surface area contributed by atoms with Crippen molar-refractivity contribution in [2.75, 3.05) is 0 Å². The molecular formula is C32H52O. The van der Waals surface area contributed by atoms with Crippen LogP contribution in [-0.2, 0) is 0 Å². The highest BCUT2D eigenvalue weighted by molar-refractivity contribution is 5.50. The Balaban J connectivity index is 1.41. The van der Waals surface area contributed by atoms with Crippen molar-refractivity contribution in [1.82, 2.24) is 0 Å². The van der Waals surface area contributed by atoms with Gasteiger partial charge in [0.25, 0.3) is 0 Å². The molecule has 1 heteroatoms. The molecule has 1 N–H and O–H groups in total. The molecule has 0 aliphatic heterocycles. The van der Waals surface area contributed by atoms with E-state index in [0.717, 1.165) is 24.2 Å². The van der Waals surface area contributed by atoms with Crippen LogP contribution in [0.15, 0.2) is 22.8 Å². The van der Waals surface area contributed by atoms with Crippen LogP contribution in [0.1, 0.15) is 131 Å². The van der Waals surface area contributed by atoms with Gasteiger partial charge in [-0.25, -0.2) is 0 Å². The summed E-state index contributed by atoms with van der Waals surface area (Å²) in [5, 5.41) is 11.3. The summed E-state index contributed by atoms with van der Waals surface area (Å²) in [4.78, 5) is 0. The molecule has 0 radical (unpaired) electrons. The summed E-state index contributed by atoms with van der Waals surface area (Å²) < 4.78 is 0. The van der Waals surface area contributed by atoms with E-state index in [0.29, 0.717) is 16.7 Å². The van der Waals surface area contributed by atoms with E-state index in [9.17, 15) is 5.11 Å². The quantitative estimate of drug-likeness (QED) is 0.441. The lowest BCUT2D eigenvalue weighted by molar-refractivity contribution is -0.130. The number of hydrogen-bond donors (Lipinski definition) is 1. The van der Waals surface area contributed by atoms with E-state index >= 15 is 0 Å². The van der Waals surface area contributed by atoms with Gasteiger partial charge in [0.1, 0.15) is 0 Å². The summed E-state index contributed by atoms with van der Waals surface area (Å²) in [6, 6.07) is 0. The highest BCUT2D eigenvalue weighted by Gasteiger charge is 2.60. The molecule has 5 aliphatic rings. The van der Waals surface area contributed by atoms with E-state index in [1.165, 1.54) is 89.9 Å². The van der Waals surface area contributed by atoms with Crippen LogP contribution in [0.4, 0.5) is 0 Å². The van der Waals surface area contributed by atoms with Gasteiger partial charge in [-0.3, -0.25) is 0 Å². The van der Waals surface area contributed by atoms with Gasteiger partial charge in [0, 0.05) is 0 Å². The maximum Gasteiger partial charge on any atom is 0.0599 e. The summed E-state index contributed by atoms with van der Waals surface area (Å²) in [5.74, 6) is 3.23. The fraction of sp³-hybridized carbons (Fsp3) is 0.875. The number of rotatable bonds is 5. The Hall–Kier alpha value is -0.560. The van der Waals surface area contributed by atoms with Crippen LogP contribution in [0.25, 0.3) is 0 Å². The molecule has 0 bridgehead atoms. The minimum atomic E-state index is -0.0475. The maximum absolute atomic E-state index is 11.3. The summed E-state index contributed by atoms with van der Waals surface area (Å²) in [6.45, 7) is 12.6. The van der Waals surface area contributed by atoms with Gasteiger partial charge in [0.05, 0.1) is 6.10 Å². The molecule has 5 aliphatic carbocycles. The fourth-order valence-corrected chi connectivity index (χ4v) is 10.2. The number of aliphatic hydroxyl groups is 1. The van der Waals surface area contributed by atoms with Crippen molar-refractivity contribution in [2.24, 2.45) is 39.9 Å². The largest absolute Gasteiger partial charge is 0.393 e. The van der Waals surface area contributed by atoms with Gasteiger partial charge in [0.2, 0.25) is 0 Å². The van der Waals surface area contributed by atoms with E-state index in [4.69, 9.17) is 0 Å². The van der Waals surface area contributed by atoms with Gasteiger partial charge in [-0.2, -0.15) is 0 Å².